The molecule has 0 bridgehead atoms. The number of aliphatic carboxylic acids is 1. The predicted molar refractivity (Wildman–Crippen MR) is 87.2 cm³/mol. The lowest BCUT2D eigenvalue weighted by atomic mass is 9.64. The average Bonchev–Trinajstić information content (AvgIpc) is 2.92. The van der Waals surface area contributed by atoms with Gasteiger partial charge in [-0.05, 0) is 43.6 Å². The average molecular weight is 338 g/mol. The van der Waals surface area contributed by atoms with E-state index in [1.54, 1.807) is 11.3 Å². The van der Waals surface area contributed by atoms with E-state index in [0.717, 1.165) is 25.9 Å². The number of hydrogen-bond acceptors (Lipinski definition) is 5. The molecule has 2 fully saturated rings. The van der Waals surface area contributed by atoms with Crippen molar-refractivity contribution in [2.75, 3.05) is 19.6 Å². The molecule has 0 aromatic carbocycles. The molecular weight excluding hydrogens is 316 g/mol. The van der Waals surface area contributed by atoms with Crippen molar-refractivity contribution in [1.29, 1.82) is 0 Å². The maximum atomic E-state index is 11.2. The van der Waals surface area contributed by atoms with E-state index in [-0.39, 0.29) is 23.4 Å². The van der Waals surface area contributed by atoms with E-state index in [1.165, 1.54) is 11.3 Å². The molecule has 0 spiro atoms. The van der Waals surface area contributed by atoms with E-state index in [0.29, 0.717) is 12.8 Å². The van der Waals surface area contributed by atoms with Gasteiger partial charge >= 0.3 is 5.97 Å². The predicted octanol–water partition coefficient (Wildman–Crippen LogP) is 2.96. The maximum absolute atomic E-state index is 11.2. The summed E-state index contributed by atoms with van der Waals surface area (Å²) in [5.41, 5.74) is -0.730. The Morgan fingerprint density at radius 3 is 2.48 bits per heavy atom. The van der Waals surface area contributed by atoms with Crippen molar-refractivity contribution in [3.8, 4) is 0 Å². The molecule has 7 heteroatoms. The van der Waals surface area contributed by atoms with Crippen LogP contribution >= 0.6 is 11.3 Å². The third-order valence-electron chi connectivity index (χ3n) is 5.57. The van der Waals surface area contributed by atoms with E-state index >= 15 is 0 Å². The summed E-state index contributed by atoms with van der Waals surface area (Å²) in [6.45, 7) is 1.90. The van der Waals surface area contributed by atoms with Crippen LogP contribution in [-0.2, 0) is 10.3 Å². The molecule has 2 aliphatic rings. The normalized spacial score (nSPS) is 31.5. The molecule has 126 valence electrons. The Morgan fingerprint density at radius 2 is 2.04 bits per heavy atom. The van der Waals surface area contributed by atoms with E-state index in [2.05, 4.69) is 22.4 Å². The fourth-order valence-electron chi connectivity index (χ4n) is 4.19. The third-order valence-corrected chi connectivity index (χ3v) is 6.63. The first-order valence-electron chi connectivity index (χ1n) is 8.09. The third kappa shape index (κ3) is 3.12. The Balaban J connectivity index is 1.83. The van der Waals surface area contributed by atoms with Gasteiger partial charge in [-0.25, -0.2) is 0 Å². The van der Waals surface area contributed by atoms with Gasteiger partial charge in [0.1, 0.15) is 0 Å². The number of hydrogen-bond donors (Lipinski definition) is 1. The molecule has 23 heavy (non-hydrogen) atoms. The summed E-state index contributed by atoms with van der Waals surface area (Å²) in [4.78, 5) is 25.7. The van der Waals surface area contributed by atoms with Crippen LogP contribution in [0.1, 0.15) is 43.4 Å². The van der Waals surface area contributed by atoms with Crippen LogP contribution in [0, 0.1) is 15.5 Å². The molecule has 1 aliphatic carbocycles. The number of nitrogens with zero attached hydrogens (tertiary/aromatic N) is 2. The molecule has 3 rings (SSSR count). The van der Waals surface area contributed by atoms with Crippen LogP contribution in [0.15, 0.2) is 17.5 Å². The molecule has 1 saturated carbocycles. The van der Waals surface area contributed by atoms with Crippen LogP contribution in [0.25, 0.3) is 0 Å². The summed E-state index contributed by atoms with van der Waals surface area (Å²) in [7, 11) is 0. The maximum Gasteiger partial charge on any atom is 0.304 e. The highest BCUT2D eigenvalue weighted by molar-refractivity contribution is 7.10. The van der Waals surface area contributed by atoms with E-state index in [4.69, 9.17) is 0 Å². The number of likely N-dealkylation sites (tertiary alicyclic amines) is 1. The Kier molecular flexibility index (Phi) is 4.42. The summed E-state index contributed by atoms with van der Waals surface area (Å²) >= 11 is 1.74. The zero-order chi connectivity index (χ0) is 16.5. The van der Waals surface area contributed by atoms with Crippen LogP contribution in [0.4, 0.5) is 0 Å². The van der Waals surface area contributed by atoms with Crippen molar-refractivity contribution >= 4 is 17.3 Å². The molecule has 0 radical (unpaired) electrons. The van der Waals surface area contributed by atoms with Crippen molar-refractivity contribution in [3.63, 3.8) is 0 Å². The lowest BCUT2D eigenvalue weighted by Gasteiger charge is -2.53. The monoisotopic (exact) mass is 338 g/mol. The van der Waals surface area contributed by atoms with Crippen LogP contribution in [0.2, 0.25) is 0 Å². The first-order chi connectivity index (χ1) is 11.0. The number of rotatable bonds is 6. The lowest BCUT2D eigenvalue weighted by Crippen LogP contribution is -2.56. The number of carboxylic acid groups (broad SMARTS) is 1. The Labute approximate surface area is 139 Å². The van der Waals surface area contributed by atoms with Gasteiger partial charge in [0.05, 0.1) is 12.0 Å². The summed E-state index contributed by atoms with van der Waals surface area (Å²) in [5, 5.41) is 22.3. The summed E-state index contributed by atoms with van der Waals surface area (Å²) in [6, 6.07) is 4.21. The molecule has 1 saturated heterocycles. The second-order valence-corrected chi connectivity index (χ2v) is 7.86. The molecule has 6 nitrogen and oxygen atoms in total. The largest absolute Gasteiger partial charge is 0.481 e. The SMILES string of the molecule is O=C(O)CC1(C[N+](=O)[O-])CCC(c2cccs2)(N2CCC2)CC1. The second kappa shape index (κ2) is 6.20. The van der Waals surface area contributed by atoms with Crippen molar-refractivity contribution < 1.29 is 14.8 Å². The van der Waals surface area contributed by atoms with Gasteiger partial charge < -0.3 is 5.11 Å². The zero-order valence-corrected chi connectivity index (χ0v) is 13.9. The first kappa shape index (κ1) is 16.4. The highest BCUT2D eigenvalue weighted by atomic mass is 32.1. The molecule has 1 aromatic heterocycles. The minimum atomic E-state index is -0.931. The van der Waals surface area contributed by atoms with Crippen LogP contribution in [0.3, 0.4) is 0 Å². The zero-order valence-electron chi connectivity index (χ0n) is 13.1. The van der Waals surface area contributed by atoms with Gasteiger partial charge in [0.2, 0.25) is 6.54 Å². The van der Waals surface area contributed by atoms with E-state index in [1.807, 2.05) is 0 Å². The molecular formula is C16H22N2O4S. The molecule has 0 amide bonds. The Bertz CT molecular complexity index is 557. The van der Waals surface area contributed by atoms with Gasteiger partial charge in [0.25, 0.3) is 0 Å². The number of carbonyl (C=O) groups is 1. The van der Waals surface area contributed by atoms with Gasteiger partial charge in [0.15, 0.2) is 0 Å². The fourth-order valence-corrected chi connectivity index (χ4v) is 5.20. The van der Waals surface area contributed by atoms with Crippen LogP contribution < -0.4 is 0 Å². The van der Waals surface area contributed by atoms with Crippen molar-refractivity contribution in [2.45, 2.75) is 44.1 Å². The van der Waals surface area contributed by atoms with Crippen molar-refractivity contribution in [1.82, 2.24) is 4.90 Å². The number of nitro groups is 1. The standard InChI is InChI=1S/C16H22N2O4S/c19-14(20)11-15(12-18(21)22)4-6-16(7-5-15,17-8-2-9-17)13-3-1-10-23-13/h1,3,10H,2,4-9,11-12H2,(H,19,20). The minimum Gasteiger partial charge on any atom is -0.481 e. The Hall–Kier alpha value is -1.47. The molecule has 1 N–H and O–H groups in total. The van der Waals surface area contributed by atoms with Crippen molar-refractivity contribution in [3.05, 3.63) is 32.5 Å². The van der Waals surface area contributed by atoms with Crippen LogP contribution in [-0.4, -0.2) is 40.5 Å². The summed E-state index contributed by atoms with van der Waals surface area (Å²) in [5.74, 6) is -0.931. The molecule has 1 aliphatic heterocycles. The molecule has 2 heterocycles. The fraction of sp³-hybridized carbons (Fsp3) is 0.688. The van der Waals surface area contributed by atoms with Gasteiger partial charge in [-0.3, -0.25) is 19.8 Å². The highest BCUT2D eigenvalue weighted by Crippen LogP contribution is 2.52. The quantitative estimate of drug-likeness (QED) is 0.637. The van der Waals surface area contributed by atoms with Gasteiger partial charge in [0, 0.05) is 28.3 Å². The first-order valence-corrected chi connectivity index (χ1v) is 8.96. The van der Waals surface area contributed by atoms with E-state index in [9.17, 15) is 20.0 Å². The van der Waals surface area contributed by atoms with Gasteiger partial charge in [-0.1, -0.05) is 6.07 Å². The molecule has 0 unspecified atom stereocenters. The number of thiophene rings is 1. The second-order valence-electron chi connectivity index (χ2n) is 6.91. The number of carboxylic acids is 1. The van der Waals surface area contributed by atoms with E-state index < -0.39 is 11.4 Å². The molecule has 1 aromatic rings. The summed E-state index contributed by atoms with van der Waals surface area (Å²) < 4.78 is 0. The Morgan fingerprint density at radius 1 is 1.35 bits per heavy atom. The minimum absolute atomic E-state index is 0.0367. The molecule has 0 atom stereocenters. The van der Waals surface area contributed by atoms with Crippen LogP contribution in [0.5, 0.6) is 0 Å². The van der Waals surface area contributed by atoms with Gasteiger partial charge in [-0.2, -0.15) is 0 Å². The smallest absolute Gasteiger partial charge is 0.304 e. The lowest BCUT2D eigenvalue weighted by molar-refractivity contribution is -0.499. The summed E-state index contributed by atoms with van der Waals surface area (Å²) in [6.07, 6.45) is 3.93. The topological polar surface area (TPSA) is 83.7 Å². The highest BCUT2D eigenvalue weighted by Gasteiger charge is 2.51. The van der Waals surface area contributed by atoms with Crippen molar-refractivity contribution in [2.24, 2.45) is 5.41 Å². The van der Waals surface area contributed by atoms with Gasteiger partial charge in [-0.15, -0.1) is 11.3 Å².